The molecule has 0 heterocycles. The van der Waals surface area contributed by atoms with E-state index in [1.165, 1.54) is 4.90 Å². The molecule has 0 atom stereocenters. The van der Waals surface area contributed by atoms with Crippen LogP contribution in [0.25, 0.3) is 0 Å². The fourth-order valence-electron chi connectivity index (χ4n) is 1.14. The fourth-order valence-corrected chi connectivity index (χ4v) is 3.06. The molecule has 0 aromatic heterocycles. The van der Waals surface area contributed by atoms with Gasteiger partial charge < -0.3 is 21.4 Å². The van der Waals surface area contributed by atoms with E-state index in [0.717, 1.165) is 12.4 Å². The Morgan fingerprint density at radius 3 is 2.21 bits per heavy atom. The summed E-state index contributed by atoms with van der Waals surface area (Å²) in [5.74, 6) is 1.02. The van der Waals surface area contributed by atoms with Crippen molar-refractivity contribution in [3.63, 3.8) is 0 Å². The van der Waals surface area contributed by atoms with Gasteiger partial charge in [0.1, 0.15) is 0 Å². The van der Waals surface area contributed by atoms with Crippen LogP contribution in [0, 0.1) is 6.07 Å². The van der Waals surface area contributed by atoms with E-state index in [1.54, 1.807) is 0 Å². The molecule has 0 saturated heterocycles. The molecule has 0 amide bonds. The molecule has 1 aromatic carbocycles. The van der Waals surface area contributed by atoms with Crippen LogP contribution < -0.4 is 17.0 Å². The number of benzene rings is 1. The number of rotatable bonds is 5. The van der Waals surface area contributed by atoms with Crippen molar-refractivity contribution in [3.8, 4) is 0 Å². The van der Waals surface area contributed by atoms with Gasteiger partial charge in [-0.25, -0.2) is 0 Å². The predicted molar refractivity (Wildman–Crippen MR) is 84.9 cm³/mol. The van der Waals surface area contributed by atoms with Crippen LogP contribution >= 0.6 is 11.8 Å². The Morgan fingerprint density at radius 1 is 1.21 bits per heavy atom. The zero-order valence-electron chi connectivity index (χ0n) is 12.6. The summed E-state index contributed by atoms with van der Waals surface area (Å²) < 4.78 is 6.13. The molecule has 0 spiro atoms. The Bertz CT molecular complexity index is 341. The van der Waals surface area contributed by atoms with Crippen LogP contribution in [-0.4, -0.2) is 43.7 Å². The van der Waals surface area contributed by atoms with Gasteiger partial charge in [-0.2, -0.15) is 42.1 Å². The smallest absolute Gasteiger partial charge is 1.00 e. The first kappa shape index (κ1) is 22.3. The van der Waals surface area contributed by atoms with Crippen LogP contribution in [0.1, 0.15) is 20.8 Å². The maximum Gasteiger partial charge on any atom is 2.00 e. The number of thioether (sulfide) groups is 1. The Kier molecular flexibility index (Phi) is 11.5. The van der Waals surface area contributed by atoms with E-state index in [4.69, 9.17) is 4.43 Å². The second-order valence-corrected chi connectivity index (χ2v) is 11.7. The molecule has 1 rings (SSSR count). The van der Waals surface area contributed by atoms with E-state index in [1.807, 2.05) is 23.9 Å². The van der Waals surface area contributed by atoms with Gasteiger partial charge in [0.05, 0.1) is 0 Å². The summed E-state index contributed by atoms with van der Waals surface area (Å²) in [6.45, 7) is 12.3. The molecule has 19 heavy (non-hydrogen) atoms. The second kappa shape index (κ2) is 9.84. The summed E-state index contributed by atoms with van der Waals surface area (Å²) in [5, 5.41) is 0.305. The molecule has 0 bridgehead atoms. The van der Waals surface area contributed by atoms with Gasteiger partial charge in [0.15, 0.2) is 8.32 Å². The van der Waals surface area contributed by atoms with Gasteiger partial charge in [-0.3, -0.25) is 0 Å². The van der Waals surface area contributed by atoms with Crippen LogP contribution in [0.4, 0.5) is 0 Å². The van der Waals surface area contributed by atoms with Crippen molar-refractivity contribution in [2.24, 2.45) is 0 Å². The van der Waals surface area contributed by atoms with Crippen molar-refractivity contribution in [2.75, 3.05) is 12.4 Å². The fraction of sp³-hybridized carbons (Fsp3) is 0.571. The third-order valence-electron chi connectivity index (χ3n) is 3.31. The molecule has 0 aliphatic carbocycles. The minimum atomic E-state index is -1.56. The molecule has 0 aliphatic rings. The number of hydrogen-bond acceptors (Lipinski definition) is 2. The molecule has 0 unspecified atom stereocenters. The van der Waals surface area contributed by atoms with Crippen molar-refractivity contribution in [1.82, 2.24) is 0 Å². The number of hydrogen-bond donors (Lipinski definition) is 0. The van der Waals surface area contributed by atoms with Gasteiger partial charge in [-0.1, -0.05) is 20.8 Å². The molecule has 0 aliphatic heterocycles. The van der Waals surface area contributed by atoms with Crippen molar-refractivity contribution in [2.45, 2.75) is 43.8 Å². The standard InChI is InChI=1S/C14H23OSSi.BrH.Mg/c1-14(2,3)17(4,5)15-11-12-16-13-9-7-6-8-10-13;;/h7-10H,11-12H2,1-5H3;1H;/q-1;;+2/p-1. The van der Waals surface area contributed by atoms with Gasteiger partial charge in [-0.05, 0) is 18.1 Å². The van der Waals surface area contributed by atoms with Crippen molar-refractivity contribution < 1.29 is 21.4 Å². The zero-order chi connectivity index (χ0) is 12.9. The summed E-state index contributed by atoms with van der Waals surface area (Å²) in [4.78, 5) is 1.29. The summed E-state index contributed by atoms with van der Waals surface area (Å²) in [7, 11) is -1.56. The van der Waals surface area contributed by atoms with Crippen LogP contribution in [0.5, 0.6) is 0 Å². The number of halogens is 1. The molecule has 0 saturated carbocycles. The molecule has 5 heteroatoms. The monoisotopic (exact) mass is 370 g/mol. The molecule has 0 N–H and O–H groups in total. The van der Waals surface area contributed by atoms with E-state index in [0.29, 0.717) is 5.04 Å². The van der Waals surface area contributed by atoms with Gasteiger partial charge in [-0.15, -0.1) is 4.90 Å². The van der Waals surface area contributed by atoms with Crippen molar-refractivity contribution >= 4 is 43.1 Å². The van der Waals surface area contributed by atoms with Crippen LogP contribution in [0.3, 0.4) is 0 Å². The predicted octanol–water partition coefficient (Wildman–Crippen LogP) is 1.22. The quantitative estimate of drug-likeness (QED) is 0.333. The third-order valence-corrected chi connectivity index (χ3v) is 8.82. The molecule has 104 valence electrons. The first-order valence-corrected chi connectivity index (χ1v) is 9.95. The molecular weight excluding hydrogens is 349 g/mol. The van der Waals surface area contributed by atoms with Gasteiger partial charge in [0.2, 0.25) is 0 Å². The van der Waals surface area contributed by atoms with Gasteiger partial charge in [0, 0.05) is 12.4 Å². The van der Waals surface area contributed by atoms with Crippen LogP contribution in [-0.2, 0) is 4.43 Å². The van der Waals surface area contributed by atoms with E-state index in [-0.39, 0.29) is 40.0 Å². The summed E-state index contributed by atoms with van der Waals surface area (Å²) in [5.41, 5.74) is 0. The molecule has 0 fully saturated rings. The summed E-state index contributed by atoms with van der Waals surface area (Å²) in [6.07, 6.45) is 0. The van der Waals surface area contributed by atoms with Crippen LogP contribution in [0.2, 0.25) is 18.1 Å². The van der Waals surface area contributed by atoms with Crippen molar-refractivity contribution in [3.05, 3.63) is 30.3 Å². The molecule has 1 nitrogen and oxygen atoms in total. The SMILES string of the molecule is CC(C)(C)[Si](C)(C)OCCSc1cc[c-]cc1.[Br-].[Mg+2]. The van der Waals surface area contributed by atoms with E-state index < -0.39 is 8.32 Å². The minimum absolute atomic E-state index is 0. The third kappa shape index (κ3) is 8.12. The second-order valence-electron chi connectivity index (χ2n) is 5.69. The molecule has 0 radical (unpaired) electrons. The van der Waals surface area contributed by atoms with Gasteiger partial charge >= 0.3 is 23.1 Å². The average Bonchev–Trinajstić information content (AvgIpc) is 2.24. The Morgan fingerprint density at radius 2 is 1.74 bits per heavy atom. The summed E-state index contributed by atoms with van der Waals surface area (Å²) in [6, 6.07) is 11.1. The van der Waals surface area contributed by atoms with Crippen molar-refractivity contribution in [1.29, 1.82) is 0 Å². The summed E-state index contributed by atoms with van der Waals surface area (Å²) >= 11 is 1.85. The first-order valence-electron chi connectivity index (χ1n) is 6.06. The first-order chi connectivity index (χ1) is 7.83. The Hall–Kier alpha value is 0.993. The van der Waals surface area contributed by atoms with Gasteiger partial charge in [0.25, 0.3) is 0 Å². The van der Waals surface area contributed by atoms with Crippen LogP contribution in [0.15, 0.2) is 29.2 Å². The maximum atomic E-state index is 6.13. The molecular formula is C14H23BrMgOSSi. The largest absolute Gasteiger partial charge is 2.00 e. The Balaban J connectivity index is 0. The average molecular weight is 372 g/mol. The van der Waals surface area contributed by atoms with E-state index in [2.05, 4.69) is 52.1 Å². The Labute approximate surface area is 150 Å². The zero-order valence-corrected chi connectivity index (χ0v) is 17.4. The minimum Gasteiger partial charge on any atom is -1.00 e. The normalized spacial score (nSPS) is 11.4. The topological polar surface area (TPSA) is 9.23 Å². The van der Waals surface area contributed by atoms with E-state index in [9.17, 15) is 0 Å². The molecule has 1 aromatic rings. The van der Waals surface area contributed by atoms with E-state index >= 15 is 0 Å². The maximum absolute atomic E-state index is 6.13.